The van der Waals surface area contributed by atoms with Crippen molar-refractivity contribution in [2.24, 2.45) is 10.9 Å². The van der Waals surface area contributed by atoms with Crippen LogP contribution in [0.5, 0.6) is 0 Å². The second kappa shape index (κ2) is 9.93. The number of nitrogens with one attached hydrogen (secondary N) is 1. The summed E-state index contributed by atoms with van der Waals surface area (Å²) in [4.78, 5) is 32.2. The van der Waals surface area contributed by atoms with E-state index in [0.29, 0.717) is 17.5 Å². The van der Waals surface area contributed by atoms with E-state index in [4.69, 9.17) is 0 Å². The number of alkyl halides is 3. The Morgan fingerprint density at radius 3 is 2.39 bits per heavy atom. The molecule has 1 aliphatic heterocycles. The van der Waals surface area contributed by atoms with Gasteiger partial charge in [0.2, 0.25) is 12.1 Å². The first-order valence-electron chi connectivity index (χ1n) is 11.2. The van der Waals surface area contributed by atoms with Crippen molar-refractivity contribution in [2.45, 2.75) is 25.7 Å². The molecule has 0 saturated heterocycles. The van der Waals surface area contributed by atoms with Crippen molar-refractivity contribution in [2.75, 3.05) is 11.9 Å². The van der Waals surface area contributed by atoms with Crippen molar-refractivity contribution < 1.29 is 27.2 Å². The van der Waals surface area contributed by atoms with Crippen LogP contribution in [0.3, 0.4) is 0 Å². The van der Waals surface area contributed by atoms with Gasteiger partial charge in [0.1, 0.15) is 5.82 Å². The molecule has 0 spiro atoms. The van der Waals surface area contributed by atoms with E-state index in [0.717, 1.165) is 23.3 Å². The minimum atomic E-state index is -4.80. The fraction of sp³-hybridized carbons (Fsp3) is 0.222. The molecular weight excluding hydrogens is 474 g/mol. The van der Waals surface area contributed by atoms with Crippen molar-refractivity contribution >= 4 is 23.2 Å². The van der Waals surface area contributed by atoms with E-state index in [9.17, 15) is 27.2 Å². The lowest BCUT2D eigenvalue weighted by molar-refractivity contribution is -0.140. The fourth-order valence-electron chi connectivity index (χ4n) is 4.08. The number of hydrogen-bond acceptors (Lipinski definition) is 3. The van der Waals surface area contributed by atoms with Gasteiger partial charge in [0, 0.05) is 24.1 Å². The third-order valence-electron chi connectivity index (χ3n) is 6.00. The van der Waals surface area contributed by atoms with Crippen LogP contribution in [0.4, 0.5) is 23.2 Å². The molecule has 1 aliphatic rings. The molecule has 1 N–H and O–H groups in total. The minimum Gasteiger partial charge on any atom is -0.326 e. The third kappa shape index (κ3) is 5.15. The van der Waals surface area contributed by atoms with Crippen LogP contribution in [0, 0.1) is 11.7 Å². The maximum atomic E-state index is 14.0. The number of benzene rings is 3. The molecule has 0 radical (unpaired) electrons. The first-order chi connectivity index (χ1) is 17.1. The van der Waals surface area contributed by atoms with Gasteiger partial charge in [-0.05, 0) is 30.2 Å². The highest BCUT2D eigenvalue weighted by molar-refractivity contribution is 6.20. The van der Waals surface area contributed by atoms with Crippen LogP contribution >= 0.6 is 0 Å². The maximum absolute atomic E-state index is 14.0. The molecule has 3 aromatic rings. The van der Waals surface area contributed by atoms with Crippen LogP contribution in [0.2, 0.25) is 0 Å². The van der Waals surface area contributed by atoms with Gasteiger partial charge in [-0.2, -0.15) is 13.2 Å². The number of nitrogens with zero attached hydrogens (tertiary/aromatic N) is 2. The average Bonchev–Trinajstić information content (AvgIpc) is 2.94. The summed E-state index contributed by atoms with van der Waals surface area (Å²) in [7, 11) is 1.60. The monoisotopic (exact) mass is 497 g/mol. The van der Waals surface area contributed by atoms with Gasteiger partial charge in [-0.15, -0.1) is 0 Å². The summed E-state index contributed by atoms with van der Waals surface area (Å²) in [5.74, 6) is -3.15. The average molecular weight is 497 g/mol. The topological polar surface area (TPSA) is 61.8 Å². The summed E-state index contributed by atoms with van der Waals surface area (Å²) >= 11 is 0. The zero-order chi connectivity index (χ0) is 26.0. The fourth-order valence-corrected chi connectivity index (χ4v) is 4.08. The standard InChI is InChI=1S/C27H23F4N3O2/c1-16(14-17-12-13-20(21(28)15-17)27(29,30)31)25(35)33-24-26(36)34(2)22-11-7-6-10-19(22)23(32-24)18-8-4-3-5-9-18/h3-13,15-16,24H,14H2,1-2H3,(H,33,35)/t16-,24-/m1/s1. The van der Waals surface area contributed by atoms with Crippen LogP contribution in [-0.4, -0.2) is 30.7 Å². The number of aliphatic imine (C=N–C) groups is 1. The van der Waals surface area contributed by atoms with Crippen LogP contribution in [-0.2, 0) is 22.2 Å². The highest BCUT2D eigenvalue weighted by Gasteiger charge is 2.34. The second-order valence-corrected chi connectivity index (χ2v) is 8.59. The predicted octanol–water partition coefficient (Wildman–Crippen LogP) is 4.98. The van der Waals surface area contributed by atoms with Gasteiger partial charge in [-0.3, -0.25) is 9.59 Å². The van der Waals surface area contributed by atoms with E-state index in [1.807, 2.05) is 42.5 Å². The molecule has 0 bridgehead atoms. The van der Waals surface area contributed by atoms with Crippen LogP contribution in [0.1, 0.15) is 29.2 Å². The van der Waals surface area contributed by atoms with Crippen molar-refractivity contribution in [3.05, 3.63) is 101 Å². The van der Waals surface area contributed by atoms with Gasteiger partial charge < -0.3 is 10.2 Å². The predicted molar refractivity (Wildman–Crippen MR) is 128 cm³/mol. The molecule has 5 nitrogen and oxygen atoms in total. The Labute approximate surface area is 205 Å². The molecule has 1 heterocycles. The van der Waals surface area contributed by atoms with Gasteiger partial charge in [0.05, 0.1) is 17.0 Å². The summed E-state index contributed by atoms with van der Waals surface area (Å²) < 4.78 is 52.5. The van der Waals surface area contributed by atoms with Crippen molar-refractivity contribution in [1.29, 1.82) is 0 Å². The highest BCUT2D eigenvalue weighted by Crippen LogP contribution is 2.32. The molecule has 3 aromatic carbocycles. The Morgan fingerprint density at radius 1 is 1.06 bits per heavy atom. The summed E-state index contributed by atoms with van der Waals surface area (Å²) in [6, 6.07) is 19.1. The van der Waals surface area contributed by atoms with Gasteiger partial charge in [0.15, 0.2) is 0 Å². The lowest BCUT2D eigenvalue weighted by Crippen LogP contribution is -2.47. The first kappa shape index (κ1) is 25.1. The minimum absolute atomic E-state index is 0.0207. The van der Waals surface area contributed by atoms with Crippen molar-refractivity contribution in [3.8, 4) is 0 Å². The number of amides is 2. The zero-order valence-corrected chi connectivity index (χ0v) is 19.5. The number of carbonyl (C=O) groups is 2. The molecule has 0 fully saturated rings. The second-order valence-electron chi connectivity index (χ2n) is 8.59. The van der Waals surface area contributed by atoms with Crippen molar-refractivity contribution in [1.82, 2.24) is 5.32 Å². The molecule has 9 heteroatoms. The van der Waals surface area contributed by atoms with Gasteiger partial charge >= 0.3 is 6.18 Å². The van der Waals surface area contributed by atoms with E-state index < -0.39 is 41.5 Å². The Hall–Kier alpha value is -4.01. The lowest BCUT2D eigenvalue weighted by atomic mass is 9.98. The van der Waals surface area contributed by atoms with Gasteiger partial charge in [-0.1, -0.05) is 61.5 Å². The summed E-state index contributed by atoms with van der Waals surface area (Å²) in [6.45, 7) is 1.55. The molecular formula is C27H23F4N3O2. The zero-order valence-electron chi connectivity index (χ0n) is 19.5. The first-order valence-corrected chi connectivity index (χ1v) is 11.2. The Balaban J connectivity index is 1.59. The third-order valence-corrected chi connectivity index (χ3v) is 6.00. The van der Waals surface area contributed by atoms with Gasteiger partial charge in [0.25, 0.3) is 5.91 Å². The smallest absolute Gasteiger partial charge is 0.326 e. The summed E-state index contributed by atoms with van der Waals surface area (Å²) in [6.07, 6.45) is -6.05. The van der Waals surface area contributed by atoms with E-state index in [1.165, 1.54) is 4.90 Å². The van der Waals surface area contributed by atoms with E-state index >= 15 is 0 Å². The number of carbonyl (C=O) groups excluding carboxylic acids is 2. The largest absolute Gasteiger partial charge is 0.419 e. The number of anilines is 1. The summed E-state index contributed by atoms with van der Waals surface area (Å²) in [5, 5.41) is 2.65. The highest BCUT2D eigenvalue weighted by atomic mass is 19.4. The molecule has 0 aliphatic carbocycles. The van der Waals surface area contributed by atoms with Gasteiger partial charge in [-0.25, -0.2) is 9.38 Å². The number of rotatable bonds is 5. The molecule has 4 rings (SSSR count). The van der Waals surface area contributed by atoms with Crippen LogP contribution < -0.4 is 10.2 Å². The number of halogens is 4. The number of likely N-dealkylation sites (N-methyl/N-ethyl adjacent to an activating group) is 1. The quantitative estimate of drug-likeness (QED) is 0.506. The molecule has 2 atom stereocenters. The molecule has 0 aromatic heterocycles. The van der Waals surface area contributed by atoms with E-state index in [-0.39, 0.29) is 12.0 Å². The maximum Gasteiger partial charge on any atom is 0.419 e. The van der Waals surface area contributed by atoms with E-state index in [2.05, 4.69) is 10.3 Å². The summed E-state index contributed by atoms with van der Waals surface area (Å²) in [5.41, 5.74) is 1.53. The van der Waals surface area contributed by atoms with Crippen LogP contribution in [0.15, 0.2) is 77.8 Å². The SMILES string of the molecule is C[C@H](Cc1ccc(C(F)(F)F)c(F)c1)C(=O)N[C@H]1N=C(c2ccccc2)c2ccccc2N(C)C1=O. The van der Waals surface area contributed by atoms with E-state index in [1.54, 1.807) is 26.1 Å². The number of fused-ring (bicyclic) bond motifs is 1. The Morgan fingerprint density at radius 2 is 1.72 bits per heavy atom. The number of benzodiazepines with no additional fused rings is 1. The lowest BCUT2D eigenvalue weighted by Gasteiger charge is -2.22. The normalized spacial score (nSPS) is 16.6. The number of para-hydroxylation sites is 1. The van der Waals surface area contributed by atoms with Crippen LogP contribution in [0.25, 0.3) is 0 Å². The molecule has 0 unspecified atom stereocenters. The Kier molecular flexibility index (Phi) is 6.92. The van der Waals surface area contributed by atoms with Crippen molar-refractivity contribution in [3.63, 3.8) is 0 Å². The molecule has 36 heavy (non-hydrogen) atoms. The number of hydrogen-bond donors (Lipinski definition) is 1. The Bertz CT molecular complexity index is 1320. The molecule has 186 valence electrons. The molecule has 2 amide bonds. The molecule has 0 saturated carbocycles.